The molecule has 0 radical (unpaired) electrons. The zero-order chi connectivity index (χ0) is 14.7. The minimum absolute atomic E-state index is 0.114. The standard InChI is InChI=1S/C17H18FNOS/c1-20-11-12-4-2-5-13(10-12)19-16-8-9-21-17-14(16)6-3-7-15(17)18/h2-7,10,16,19H,8-9,11H2,1H3. The van der Waals surface area contributed by atoms with E-state index in [1.807, 2.05) is 24.3 Å². The van der Waals surface area contributed by atoms with Gasteiger partial charge in [-0.1, -0.05) is 24.3 Å². The Labute approximate surface area is 128 Å². The molecule has 1 N–H and O–H groups in total. The Bertz CT molecular complexity index is 632. The van der Waals surface area contributed by atoms with Gasteiger partial charge in [-0.3, -0.25) is 0 Å². The Hall–Kier alpha value is -1.52. The van der Waals surface area contributed by atoms with Crippen LogP contribution in [0.1, 0.15) is 23.6 Å². The molecule has 3 rings (SSSR count). The molecular formula is C17H18FNOS. The van der Waals surface area contributed by atoms with Gasteiger partial charge in [0.1, 0.15) is 5.82 Å². The van der Waals surface area contributed by atoms with E-state index in [0.29, 0.717) is 6.61 Å². The summed E-state index contributed by atoms with van der Waals surface area (Å²) in [4.78, 5) is 0.786. The maximum absolute atomic E-state index is 13.9. The third kappa shape index (κ3) is 3.22. The third-order valence-electron chi connectivity index (χ3n) is 3.60. The summed E-state index contributed by atoms with van der Waals surface area (Å²) in [6, 6.07) is 13.7. The molecule has 0 saturated heterocycles. The summed E-state index contributed by atoms with van der Waals surface area (Å²) in [5.41, 5.74) is 3.24. The normalized spacial score (nSPS) is 17.3. The van der Waals surface area contributed by atoms with Crippen LogP contribution in [0.4, 0.5) is 10.1 Å². The Morgan fingerprint density at radius 2 is 2.14 bits per heavy atom. The second-order valence-electron chi connectivity index (χ2n) is 5.13. The van der Waals surface area contributed by atoms with Crippen LogP contribution in [-0.4, -0.2) is 12.9 Å². The van der Waals surface area contributed by atoms with Crippen molar-refractivity contribution in [2.45, 2.75) is 24.0 Å². The van der Waals surface area contributed by atoms with Crippen molar-refractivity contribution in [3.63, 3.8) is 0 Å². The van der Waals surface area contributed by atoms with Crippen molar-refractivity contribution in [1.29, 1.82) is 0 Å². The number of nitrogens with one attached hydrogen (secondary N) is 1. The fourth-order valence-electron chi connectivity index (χ4n) is 2.66. The molecule has 1 atom stereocenters. The number of hydrogen-bond acceptors (Lipinski definition) is 3. The molecule has 0 saturated carbocycles. The van der Waals surface area contributed by atoms with E-state index in [-0.39, 0.29) is 11.9 Å². The first-order valence-corrected chi connectivity index (χ1v) is 8.02. The molecule has 1 aliphatic rings. The molecule has 1 heterocycles. The van der Waals surface area contributed by atoms with Crippen LogP contribution in [0.3, 0.4) is 0 Å². The zero-order valence-electron chi connectivity index (χ0n) is 11.9. The minimum atomic E-state index is -0.114. The molecule has 0 aliphatic carbocycles. The summed E-state index contributed by atoms with van der Waals surface area (Å²) >= 11 is 1.61. The largest absolute Gasteiger partial charge is 0.380 e. The monoisotopic (exact) mass is 303 g/mol. The summed E-state index contributed by atoms with van der Waals surface area (Å²) in [5, 5.41) is 3.53. The average molecular weight is 303 g/mol. The van der Waals surface area contributed by atoms with Gasteiger partial charge in [0.15, 0.2) is 0 Å². The number of methoxy groups -OCH3 is 1. The van der Waals surface area contributed by atoms with Crippen LogP contribution in [0.5, 0.6) is 0 Å². The average Bonchev–Trinajstić information content (AvgIpc) is 2.49. The molecule has 0 spiro atoms. The Morgan fingerprint density at radius 1 is 1.29 bits per heavy atom. The summed E-state index contributed by atoms with van der Waals surface area (Å²) in [6.07, 6.45) is 0.996. The van der Waals surface area contributed by atoms with Crippen molar-refractivity contribution in [3.8, 4) is 0 Å². The summed E-state index contributed by atoms with van der Waals surface area (Å²) in [6.45, 7) is 0.598. The van der Waals surface area contributed by atoms with E-state index in [9.17, 15) is 4.39 Å². The van der Waals surface area contributed by atoms with Gasteiger partial charge < -0.3 is 10.1 Å². The predicted octanol–water partition coefficient (Wildman–Crippen LogP) is 4.62. The van der Waals surface area contributed by atoms with Crippen LogP contribution in [0, 0.1) is 5.82 Å². The third-order valence-corrected chi connectivity index (χ3v) is 4.76. The number of benzene rings is 2. The van der Waals surface area contributed by atoms with Crippen LogP contribution in [0.25, 0.3) is 0 Å². The number of thioether (sulfide) groups is 1. The first-order valence-electron chi connectivity index (χ1n) is 7.03. The van der Waals surface area contributed by atoms with Crippen LogP contribution >= 0.6 is 11.8 Å². The quantitative estimate of drug-likeness (QED) is 0.890. The van der Waals surface area contributed by atoms with Crippen molar-refractivity contribution in [2.24, 2.45) is 0 Å². The number of fused-ring (bicyclic) bond motifs is 1. The van der Waals surface area contributed by atoms with E-state index in [2.05, 4.69) is 11.4 Å². The number of anilines is 1. The molecule has 1 aliphatic heterocycles. The highest BCUT2D eigenvalue weighted by Gasteiger charge is 2.22. The van der Waals surface area contributed by atoms with Crippen molar-refractivity contribution in [2.75, 3.05) is 18.2 Å². The topological polar surface area (TPSA) is 21.3 Å². The number of halogens is 1. The van der Waals surface area contributed by atoms with Gasteiger partial charge >= 0.3 is 0 Å². The first-order chi connectivity index (χ1) is 10.3. The van der Waals surface area contributed by atoms with Gasteiger partial charge in [0.25, 0.3) is 0 Å². The summed E-state index contributed by atoms with van der Waals surface area (Å²) < 4.78 is 19.0. The molecule has 2 aromatic rings. The smallest absolute Gasteiger partial charge is 0.137 e. The fourth-order valence-corrected chi connectivity index (χ4v) is 3.80. The van der Waals surface area contributed by atoms with Crippen LogP contribution < -0.4 is 5.32 Å². The number of rotatable bonds is 4. The molecule has 0 bridgehead atoms. The minimum Gasteiger partial charge on any atom is -0.380 e. The lowest BCUT2D eigenvalue weighted by Gasteiger charge is -2.27. The SMILES string of the molecule is COCc1cccc(NC2CCSc3c(F)cccc32)c1. The first kappa shape index (κ1) is 14.4. The molecule has 21 heavy (non-hydrogen) atoms. The van der Waals surface area contributed by atoms with E-state index in [4.69, 9.17) is 4.74 Å². The molecule has 2 aromatic carbocycles. The Kier molecular flexibility index (Phi) is 4.46. The molecule has 4 heteroatoms. The second-order valence-corrected chi connectivity index (χ2v) is 6.23. The molecule has 2 nitrogen and oxygen atoms in total. The summed E-state index contributed by atoms with van der Waals surface area (Å²) in [5.74, 6) is 0.820. The van der Waals surface area contributed by atoms with E-state index >= 15 is 0 Å². The van der Waals surface area contributed by atoms with Crippen molar-refractivity contribution >= 4 is 17.4 Å². The van der Waals surface area contributed by atoms with E-state index < -0.39 is 0 Å². The molecule has 0 amide bonds. The molecule has 110 valence electrons. The number of ether oxygens (including phenoxy) is 1. The van der Waals surface area contributed by atoms with E-state index in [0.717, 1.165) is 33.9 Å². The second kappa shape index (κ2) is 6.50. The number of hydrogen-bond donors (Lipinski definition) is 1. The van der Waals surface area contributed by atoms with Gasteiger partial charge in [-0.25, -0.2) is 4.39 Å². The van der Waals surface area contributed by atoms with Crippen molar-refractivity contribution < 1.29 is 9.13 Å². The zero-order valence-corrected chi connectivity index (χ0v) is 12.8. The Balaban J connectivity index is 1.83. The highest BCUT2D eigenvalue weighted by molar-refractivity contribution is 7.99. The molecule has 1 unspecified atom stereocenters. The van der Waals surface area contributed by atoms with Gasteiger partial charge in [0.05, 0.1) is 12.6 Å². The van der Waals surface area contributed by atoms with Gasteiger partial charge in [0, 0.05) is 23.4 Å². The highest BCUT2D eigenvalue weighted by atomic mass is 32.2. The lowest BCUT2D eigenvalue weighted by molar-refractivity contribution is 0.185. The van der Waals surface area contributed by atoms with Crippen LogP contribution in [-0.2, 0) is 11.3 Å². The van der Waals surface area contributed by atoms with E-state index in [1.54, 1.807) is 24.9 Å². The van der Waals surface area contributed by atoms with Crippen molar-refractivity contribution in [3.05, 3.63) is 59.4 Å². The predicted molar refractivity (Wildman–Crippen MR) is 85.3 cm³/mol. The van der Waals surface area contributed by atoms with Crippen LogP contribution in [0.2, 0.25) is 0 Å². The molecule has 0 aromatic heterocycles. The van der Waals surface area contributed by atoms with Gasteiger partial charge in [-0.05, 0) is 35.7 Å². The maximum Gasteiger partial charge on any atom is 0.137 e. The van der Waals surface area contributed by atoms with Gasteiger partial charge in [-0.15, -0.1) is 11.8 Å². The van der Waals surface area contributed by atoms with Gasteiger partial charge in [-0.2, -0.15) is 0 Å². The van der Waals surface area contributed by atoms with Crippen LogP contribution in [0.15, 0.2) is 47.4 Å². The summed E-state index contributed by atoms with van der Waals surface area (Å²) in [7, 11) is 1.69. The lowest BCUT2D eigenvalue weighted by Crippen LogP contribution is -2.17. The molecular weight excluding hydrogens is 285 g/mol. The Morgan fingerprint density at radius 3 is 3.00 bits per heavy atom. The fraction of sp³-hybridized carbons (Fsp3) is 0.294. The van der Waals surface area contributed by atoms with Gasteiger partial charge in [0.2, 0.25) is 0 Å². The maximum atomic E-state index is 13.9. The highest BCUT2D eigenvalue weighted by Crippen LogP contribution is 2.39. The molecule has 0 fully saturated rings. The van der Waals surface area contributed by atoms with Crippen molar-refractivity contribution in [1.82, 2.24) is 0 Å². The lowest BCUT2D eigenvalue weighted by atomic mass is 10.0. The van der Waals surface area contributed by atoms with E-state index in [1.165, 1.54) is 6.07 Å².